The summed E-state index contributed by atoms with van der Waals surface area (Å²) >= 11 is 0. The number of fused-ring (bicyclic) bond motifs is 1. The average molecular weight is 591 g/mol. The third kappa shape index (κ3) is 12.7. The van der Waals surface area contributed by atoms with E-state index in [4.69, 9.17) is 9.47 Å². The molecular weight excluding hydrogens is 520 g/mol. The van der Waals surface area contributed by atoms with Crippen LogP contribution in [0.4, 0.5) is 0 Å². The molecule has 6 nitrogen and oxygen atoms in total. The minimum Gasteiger partial charge on any atom is -0.454 e. The molecule has 3 fully saturated rings. The van der Waals surface area contributed by atoms with Crippen molar-refractivity contribution < 1.29 is 9.47 Å². The van der Waals surface area contributed by atoms with Crippen LogP contribution in [-0.4, -0.2) is 95.4 Å². The molecule has 0 spiro atoms. The van der Waals surface area contributed by atoms with Gasteiger partial charge in [0.05, 0.1) is 0 Å². The van der Waals surface area contributed by atoms with Crippen LogP contribution in [-0.2, 0) is 6.54 Å². The number of piperidine rings is 2. The van der Waals surface area contributed by atoms with E-state index in [1.165, 1.54) is 70.3 Å². The maximum absolute atomic E-state index is 5.44. The fourth-order valence-corrected chi connectivity index (χ4v) is 6.00. The zero-order valence-electron chi connectivity index (χ0n) is 27.7. The molecule has 0 aromatic heterocycles. The molecule has 0 unspecified atom stereocenters. The number of nitrogens with zero attached hydrogens (tertiary/aromatic N) is 4. The lowest BCUT2D eigenvalue weighted by Gasteiger charge is -2.42. The van der Waals surface area contributed by atoms with Gasteiger partial charge in [-0.2, -0.15) is 0 Å². The second-order valence-corrected chi connectivity index (χ2v) is 15.1. The van der Waals surface area contributed by atoms with Gasteiger partial charge in [-0.05, 0) is 132 Å². The minimum atomic E-state index is 0. The molecule has 4 aliphatic heterocycles. The maximum atomic E-state index is 5.44. The summed E-state index contributed by atoms with van der Waals surface area (Å²) < 4.78 is 10.8. The summed E-state index contributed by atoms with van der Waals surface area (Å²) in [5.41, 5.74) is 2.39. The van der Waals surface area contributed by atoms with Gasteiger partial charge >= 0.3 is 0 Å². The Kier molecular flexibility index (Phi) is 15.9. The molecule has 3 saturated heterocycles. The largest absolute Gasteiger partial charge is 0.454 e. The van der Waals surface area contributed by atoms with E-state index in [9.17, 15) is 0 Å². The Bertz CT molecular complexity index is 836. The van der Waals surface area contributed by atoms with Crippen LogP contribution in [0.2, 0.25) is 0 Å². The van der Waals surface area contributed by atoms with Crippen molar-refractivity contribution in [1.82, 2.24) is 19.6 Å². The number of hydrogen-bond acceptors (Lipinski definition) is 6. The Morgan fingerprint density at radius 2 is 0.929 bits per heavy atom. The number of piperazine rings is 1. The minimum absolute atomic E-state index is 0. The first-order valence-corrected chi connectivity index (χ1v) is 16.1. The number of ether oxygens (including phenoxy) is 2. The second-order valence-electron chi connectivity index (χ2n) is 15.1. The first-order chi connectivity index (χ1) is 18.7. The Morgan fingerprint density at radius 1 is 0.524 bits per heavy atom. The lowest BCUT2D eigenvalue weighted by atomic mass is 10.0. The van der Waals surface area contributed by atoms with Gasteiger partial charge in [-0.15, -0.1) is 0 Å². The summed E-state index contributed by atoms with van der Waals surface area (Å²) in [6.45, 7) is 31.8. The quantitative estimate of drug-likeness (QED) is 0.346. The van der Waals surface area contributed by atoms with Crippen LogP contribution in [0.25, 0.3) is 0 Å². The van der Waals surface area contributed by atoms with Gasteiger partial charge in [0, 0.05) is 49.3 Å². The van der Waals surface area contributed by atoms with Crippen molar-refractivity contribution in [3.8, 4) is 11.5 Å². The van der Waals surface area contributed by atoms with Crippen molar-refractivity contribution in [2.24, 2.45) is 0 Å². The predicted octanol–water partition coefficient (Wildman–Crippen LogP) is 8.15. The van der Waals surface area contributed by atoms with E-state index in [2.05, 4.69) is 94.0 Å². The standard InChI is InChI=1S/C16H24N2O2.2C9H19N.2CH4/c1-16(2,3)18-8-6-17(7-9-18)11-13-4-5-14-15(10-13)20-12-19-14;2*1-9(2,3)10-7-5-4-6-8-10;;/h4-5,10H,6-9,11-12H2,1-3H3;2*4-8H2,1-3H3;2*1H4. The fourth-order valence-electron chi connectivity index (χ4n) is 6.00. The maximum Gasteiger partial charge on any atom is 0.231 e. The lowest BCUT2D eigenvalue weighted by molar-refractivity contribution is 0.0591. The van der Waals surface area contributed by atoms with Crippen LogP contribution >= 0.6 is 0 Å². The molecule has 4 heterocycles. The molecule has 0 atom stereocenters. The topological polar surface area (TPSA) is 31.4 Å². The number of likely N-dealkylation sites (tertiary alicyclic amines) is 2. The van der Waals surface area contributed by atoms with Crippen molar-refractivity contribution in [1.29, 1.82) is 0 Å². The van der Waals surface area contributed by atoms with Gasteiger partial charge < -0.3 is 9.47 Å². The van der Waals surface area contributed by atoms with Crippen molar-refractivity contribution in [3.05, 3.63) is 23.8 Å². The Morgan fingerprint density at radius 3 is 1.33 bits per heavy atom. The monoisotopic (exact) mass is 591 g/mol. The van der Waals surface area contributed by atoms with Crippen LogP contribution < -0.4 is 9.47 Å². The second kappa shape index (κ2) is 17.2. The molecule has 0 radical (unpaired) electrons. The molecule has 1 aromatic rings. The van der Waals surface area contributed by atoms with Gasteiger partial charge in [0.15, 0.2) is 11.5 Å². The summed E-state index contributed by atoms with van der Waals surface area (Å²) in [4.78, 5) is 10.2. The summed E-state index contributed by atoms with van der Waals surface area (Å²) in [7, 11) is 0. The normalized spacial score (nSPS) is 20.7. The predicted molar refractivity (Wildman–Crippen MR) is 183 cm³/mol. The van der Waals surface area contributed by atoms with Crippen LogP contribution in [0.3, 0.4) is 0 Å². The van der Waals surface area contributed by atoms with E-state index in [-0.39, 0.29) is 20.4 Å². The SMILES string of the molecule is C.C.CC(C)(C)N1CCCCC1.CC(C)(C)N1CCCCC1.CC(C)(C)N1CCN(Cc2ccc3c(c2)OCO3)CC1. The summed E-state index contributed by atoms with van der Waals surface area (Å²) in [6.07, 6.45) is 8.47. The van der Waals surface area contributed by atoms with Crippen molar-refractivity contribution in [3.63, 3.8) is 0 Å². The third-order valence-corrected chi connectivity index (χ3v) is 8.77. The van der Waals surface area contributed by atoms with Crippen molar-refractivity contribution in [2.75, 3.05) is 59.2 Å². The van der Waals surface area contributed by atoms with E-state index < -0.39 is 0 Å². The smallest absolute Gasteiger partial charge is 0.231 e. The average Bonchev–Trinajstić information content (AvgIpc) is 3.37. The highest BCUT2D eigenvalue weighted by Crippen LogP contribution is 2.33. The molecule has 246 valence electrons. The number of rotatable bonds is 2. The first-order valence-electron chi connectivity index (χ1n) is 16.1. The van der Waals surface area contributed by atoms with Gasteiger partial charge in [0.1, 0.15) is 0 Å². The summed E-state index contributed by atoms with van der Waals surface area (Å²) in [6, 6.07) is 6.27. The van der Waals surface area contributed by atoms with Gasteiger partial charge in [0.2, 0.25) is 6.79 Å². The van der Waals surface area contributed by atoms with Gasteiger partial charge in [-0.1, -0.05) is 33.8 Å². The molecule has 0 N–H and O–H groups in total. The highest BCUT2D eigenvalue weighted by molar-refractivity contribution is 5.44. The molecule has 6 heteroatoms. The number of hydrogen-bond donors (Lipinski definition) is 0. The Labute approximate surface area is 262 Å². The van der Waals surface area contributed by atoms with Gasteiger partial charge in [0.25, 0.3) is 0 Å². The molecule has 42 heavy (non-hydrogen) atoms. The van der Waals surface area contributed by atoms with Gasteiger partial charge in [-0.25, -0.2) is 0 Å². The first kappa shape index (κ1) is 38.7. The summed E-state index contributed by atoms with van der Waals surface area (Å²) in [5.74, 6) is 1.75. The lowest BCUT2D eigenvalue weighted by Crippen LogP contribution is -2.53. The number of benzene rings is 1. The van der Waals surface area contributed by atoms with Crippen LogP contribution in [0.5, 0.6) is 11.5 Å². The van der Waals surface area contributed by atoms with E-state index >= 15 is 0 Å². The van der Waals surface area contributed by atoms with Crippen molar-refractivity contribution in [2.45, 2.75) is 139 Å². The molecule has 0 bridgehead atoms. The zero-order chi connectivity index (χ0) is 29.4. The zero-order valence-corrected chi connectivity index (χ0v) is 27.7. The van der Waals surface area contributed by atoms with E-state index in [0.717, 1.165) is 44.2 Å². The molecule has 1 aromatic carbocycles. The molecule has 0 saturated carbocycles. The molecule has 0 amide bonds. The Hall–Kier alpha value is -1.34. The van der Waals surface area contributed by atoms with Crippen LogP contribution in [0.1, 0.15) is 121 Å². The van der Waals surface area contributed by atoms with E-state index in [1.807, 2.05) is 6.07 Å². The molecule has 4 aliphatic rings. The van der Waals surface area contributed by atoms with Gasteiger partial charge in [-0.3, -0.25) is 19.6 Å². The molecule has 0 aliphatic carbocycles. The van der Waals surface area contributed by atoms with E-state index in [0.29, 0.717) is 17.9 Å². The third-order valence-electron chi connectivity index (χ3n) is 8.77. The van der Waals surface area contributed by atoms with Crippen molar-refractivity contribution >= 4 is 0 Å². The fraction of sp³-hybridized carbons (Fsp3) is 0.833. The molecule has 5 rings (SSSR count). The Balaban J connectivity index is 0.000000341. The highest BCUT2D eigenvalue weighted by atomic mass is 16.7. The highest BCUT2D eigenvalue weighted by Gasteiger charge is 2.26. The summed E-state index contributed by atoms with van der Waals surface area (Å²) in [5, 5.41) is 0. The van der Waals surface area contributed by atoms with Crippen LogP contribution in [0, 0.1) is 0 Å². The van der Waals surface area contributed by atoms with Crippen LogP contribution in [0.15, 0.2) is 18.2 Å². The molecular formula is C36H70N4O2. The van der Waals surface area contributed by atoms with E-state index in [1.54, 1.807) is 0 Å².